The van der Waals surface area contributed by atoms with Gasteiger partial charge in [0, 0.05) is 5.56 Å². The molecule has 4 rings (SSSR count). The topological polar surface area (TPSA) is 26.0 Å². The van der Waals surface area contributed by atoms with E-state index >= 15 is 0 Å². The Hall–Kier alpha value is -2.70. The third kappa shape index (κ3) is 3.72. The highest BCUT2D eigenvalue weighted by Crippen LogP contribution is 2.37. The molecule has 1 heterocycles. The van der Waals surface area contributed by atoms with Crippen LogP contribution < -0.4 is 15.9 Å². The molecule has 2 nitrogen and oxygen atoms in total. The number of hydrogen-bond donors (Lipinski definition) is 0. The number of benzene rings is 3. The number of hydrogen-bond acceptors (Lipinski definition) is 2. The minimum Gasteiger partial charge on any atom is -0.444 e. The second-order valence-electron chi connectivity index (χ2n) is 6.76. The molecule has 0 saturated heterocycles. The lowest BCUT2D eigenvalue weighted by Gasteiger charge is -2.21. The van der Waals surface area contributed by atoms with Crippen molar-refractivity contribution >= 4 is 23.8 Å². The van der Waals surface area contributed by atoms with Crippen LogP contribution in [0.1, 0.15) is 25.5 Å². The van der Waals surface area contributed by atoms with Gasteiger partial charge in [-0.1, -0.05) is 92.7 Å². The molecule has 134 valence electrons. The Kier molecular flexibility index (Phi) is 5.18. The molecule has 0 aliphatic heterocycles. The Labute approximate surface area is 161 Å². The number of rotatable bonds is 5. The van der Waals surface area contributed by atoms with Gasteiger partial charge < -0.3 is 4.42 Å². The predicted molar refractivity (Wildman–Crippen MR) is 115 cm³/mol. The molecule has 0 atom stereocenters. The summed E-state index contributed by atoms with van der Waals surface area (Å²) in [5, 5.41) is 3.91. The average molecular weight is 371 g/mol. The van der Waals surface area contributed by atoms with Crippen LogP contribution in [0.5, 0.6) is 0 Å². The van der Waals surface area contributed by atoms with E-state index in [2.05, 4.69) is 98.8 Å². The maximum atomic E-state index is 5.87. The number of aromatic nitrogens is 1. The molecule has 1 aromatic heterocycles. The van der Waals surface area contributed by atoms with Gasteiger partial charge in [0.05, 0.1) is 5.69 Å². The molecule has 27 heavy (non-hydrogen) atoms. The molecule has 0 bridgehead atoms. The second kappa shape index (κ2) is 7.90. The van der Waals surface area contributed by atoms with E-state index in [9.17, 15) is 0 Å². The highest BCUT2D eigenvalue weighted by Gasteiger charge is 2.22. The molecular formula is C24H22NOP. The lowest BCUT2D eigenvalue weighted by Crippen LogP contribution is -2.22. The van der Waals surface area contributed by atoms with Gasteiger partial charge in [-0.2, -0.15) is 0 Å². The standard InChI is InChI=1S/C24H22NOP/c1-18(2)22-17-26-24(25-22)21-15-9-10-16-23(21)27(19-11-5-3-6-12-19)20-13-7-4-8-14-20/h3-18H,1-2H3. The fourth-order valence-electron chi connectivity index (χ4n) is 3.11. The van der Waals surface area contributed by atoms with E-state index < -0.39 is 7.92 Å². The predicted octanol–water partition coefficient (Wildman–Crippen LogP) is 5.22. The van der Waals surface area contributed by atoms with Crippen molar-refractivity contribution in [1.82, 2.24) is 4.98 Å². The Balaban J connectivity index is 1.88. The van der Waals surface area contributed by atoms with Gasteiger partial charge in [0.1, 0.15) is 6.26 Å². The maximum absolute atomic E-state index is 5.87. The smallest absolute Gasteiger partial charge is 0.226 e. The fourth-order valence-corrected chi connectivity index (χ4v) is 5.55. The highest BCUT2D eigenvalue weighted by molar-refractivity contribution is 7.80. The molecule has 4 aromatic rings. The van der Waals surface area contributed by atoms with Crippen LogP contribution in [0.4, 0.5) is 0 Å². The molecule has 0 fully saturated rings. The molecule has 0 amide bonds. The first-order valence-corrected chi connectivity index (χ1v) is 10.5. The van der Waals surface area contributed by atoms with Gasteiger partial charge in [-0.3, -0.25) is 0 Å². The van der Waals surface area contributed by atoms with Crippen molar-refractivity contribution in [2.75, 3.05) is 0 Å². The average Bonchev–Trinajstić information content (AvgIpc) is 3.21. The lowest BCUT2D eigenvalue weighted by molar-refractivity contribution is 0.571. The van der Waals surface area contributed by atoms with Crippen LogP contribution in [0.25, 0.3) is 11.5 Å². The van der Waals surface area contributed by atoms with Crippen molar-refractivity contribution in [3.05, 3.63) is 96.9 Å². The summed E-state index contributed by atoms with van der Waals surface area (Å²) >= 11 is 0. The van der Waals surface area contributed by atoms with Gasteiger partial charge >= 0.3 is 0 Å². The summed E-state index contributed by atoms with van der Waals surface area (Å²) in [5.74, 6) is 1.05. The van der Waals surface area contributed by atoms with Gasteiger partial charge in [0.15, 0.2) is 0 Å². The van der Waals surface area contributed by atoms with Gasteiger partial charge in [-0.25, -0.2) is 4.98 Å². The van der Waals surface area contributed by atoms with Crippen LogP contribution in [0.15, 0.2) is 95.6 Å². The number of nitrogens with zero attached hydrogens (tertiary/aromatic N) is 1. The summed E-state index contributed by atoms with van der Waals surface area (Å²) in [5.41, 5.74) is 2.06. The summed E-state index contributed by atoms with van der Waals surface area (Å²) in [6.07, 6.45) is 1.78. The zero-order valence-corrected chi connectivity index (χ0v) is 16.4. The van der Waals surface area contributed by atoms with Crippen LogP contribution in [-0.4, -0.2) is 4.98 Å². The first kappa shape index (κ1) is 17.7. The van der Waals surface area contributed by atoms with Crippen LogP contribution in [0, 0.1) is 0 Å². The first-order valence-electron chi connectivity index (χ1n) is 9.19. The molecular weight excluding hydrogens is 349 g/mol. The summed E-state index contributed by atoms with van der Waals surface area (Å²) in [6, 6.07) is 29.9. The van der Waals surface area contributed by atoms with Gasteiger partial charge in [0.2, 0.25) is 5.89 Å². The normalized spacial score (nSPS) is 11.3. The van der Waals surface area contributed by atoms with Gasteiger partial charge in [0.25, 0.3) is 0 Å². The Morgan fingerprint density at radius 1 is 0.741 bits per heavy atom. The van der Waals surface area contributed by atoms with E-state index in [-0.39, 0.29) is 0 Å². The van der Waals surface area contributed by atoms with Crippen molar-refractivity contribution in [2.24, 2.45) is 0 Å². The zero-order chi connectivity index (χ0) is 18.6. The first-order chi connectivity index (χ1) is 13.2. The lowest BCUT2D eigenvalue weighted by atomic mass is 10.1. The molecule has 3 heteroatoms. The molecule has 0 spiro atoms. The van der Waals surface area contributed by atoms with Crippen LogP contribution in [0.2, 0.25) is 0 Å². The van der Waals surface area contributed by atoms with Crippen LogP contribution in [-0.2, 0) is 0 Å². The minimum absolute atomic E-state index is 0.347. The van der Waals surface area contributed by atoms with Gasteiger partial charge in [-0.15, -0.1) is 0 Å². The monoisotopic (exact) mass is 371 g/mol. The number of oxazole rings is 1. The third-order valence-corrected chi connectivity index (χ3v) is 7.02. The van der Waals surface area contributed by atoms with E-state index in [1.807, 2.05) is 0 Å². The zero-order valence-electron chi connectivity index (χ0n) is 15.5. The summed E-state index contributed by atoms with van der Waals surface area (Å²) in [6.45, 7) is 4.27. The molecule has 0 N–H and O–H groups in total. The minimum atomic E-state index is -0.696. The SMILES string of the molecule is CC(C)c1coc(-c2ccccc2P(c2ccccc2)c2ccccc2)n1. The Bertz CT molecular complexity index is 969. The van der Waals surface area contributed by atoms with E-state index in [1.54, 1.807) is 6.26 Å². The molecule has 3 aromatic carbocycles. The molecule has 0 aliphatic rings. The summed E-state index contributed by atoms with van der Waals surface area (Å²) in [7, 11) is -0.696. The highest BCUT2D eigenvalue weighted by atomic mass is 31.1. The van der Waals surface area contributed by atoms with Crippen molar-refractivity contribution in [2.45, 2.75) is 19.8 Å². The van der Waals surface area contributed by atoms with Gasteiger partial charge in [-0.05, 0) is 35.8 Å². The molecule has 0 aliphatic carbocycles. The molecule has 0 radical (unpaired) electrons. The van der Waals surface area contributed by atoms with Crippen molar-refractivity contribution < 1.29 is 4.42 Å². The second-order valence-corrected chi connectivity index (χ2v) is 8.94. The van der Waals surface area contributed by atoms with E-state index in [4.69, 9.17) is 9.40 Å². The van der Waals surface area contributed by atoms with E-state index in [0.717, 1.165) is 11.3 Å². The van der Waals surface area contributed by atoms with E-state index in [0.29, 0.717) is 11.8 Å². The van der Waals surface area contributed by atoms with Crippen molar-refractivity contribution in [3.8, 4) is 11.5 Å². The third-order valence-electron chi connectivity index (χ3n) is 4.52. The summed E-state index contributed by atoms with van der Waals surface area (Å²) < 4.78 is 5.87. The van der Waals surface area contributed by atoms with Crippen LogP contribution >= 0.6 is 7.92 Å². The quantitative estimate of drug-likeness (QED) is 0.449. The molecule has 0 saturated carbocycles. The van der Waals surface area contributed by atoms with Crippen molar-refractivity contribution in [3.63, 3.8) is 0 Å². The van der Waals surface area contributed by atoms with Crippen LogP contribution in [0.3, 0.4) is 0 Å². The Morgan fingerprint density at radius 2 is 1.30 bits per heavy atom. The fraction of sp³-hybridized carbons (Fsp3) is 0.125. The maximum Gasteiger partial charge on any atom is 0.226 e. The van der Waals surface area contributed by atoms with Crippen molar-refractivity contribution in [1.29, 1.82) is 0 Å². The molecule has 0 unspecified atom stereocenters. The Morgan fingerprint density at radius 3 is 1.85 bits per heavy atom. The largest absolute Gasteiger partial charge is 0.444 e. The summed E-state index contributed by atoms with van der Waals surface area (Å²) in [4.78, 5) is 4.75. The van der Waals surface area contributed by atoms with E-state index in [1.165, 1.54) is 15.9 Å².